The number of carbonyl (C=O) groups excluding carboxylic acids is 3. The Hall–Kier alpha value is -4.82. The number of hydrogen-bond donors (Lipinski definition) is 2. The fraction of sp³-hybridized carbons (Fsp3) is 0.324. The van der Waals surface area contributed by atoms with Gasteiger partial charge >= 0.3 is 6.36 Å². The van der Waals surface area contributed by atoms with Crippen molar-refractivity contribution < 1.29 is 32.3 Å². The molecule has 3 heterocycles. The molecule has 262 valence electrons. The van der Waals surface area contributed by atoms with Crippen LogP contribution in [0.2, 0.25) is 10.0 Å². The second kappa shape index (κ2) is 12.8. The lowest BCUT2D eigenvalue weighted by Gasteiger charge is -2.27. The standard InChI is InChI=1S/C34H32Cl2F3N7O4/c1-19(28(47)43-33(11-12-33)27-10-7-23(17-40-27)44(3)4)42-29(48)26-18-41-31-45(24-14-21(35)13-22(36)15-24)30(49)32(2,46(26)31)16-20-5-8-25(9-6-20)50-34(37,38)39/h5-10,13-15,17-19H,11-12,16H2,1-4H3,(H,42,48)(H,43,47)/t19-,32-/m1/s1. The first kappa shape index (κ1) is 35.0. The van der Waals surface area contributed by atoms with Gasteiger partial charge in [-0.25, -0.2) is 9.88 Å². The summed E-state index contributed by atoms with van der Waals surface area (Å²) >= 11 is 12.5. The molecule has 2 aromatic carbocycles. The number of amides is 3. The van der Waals surface area contributed by atoms with Crippen molar-refractivity contribution in [3.05, 3.63) is 94.0 Å². The maximum absolute atomic E-state index is 14.3. The minimum Gasteiger partial charge on any atom is -0.406 e. The molecule has 1 fully saturated rings. The molecule has 50 heavy (non-hydrogen) atoms. The highest BCUT2D eigenvalue weighted by Crippen LogP contribution is 2.45. The number of carbonyl (C=O) groups is 3. The van der Waals surface area contributed by atoms with E-state index < -0.39 is 47.0 Å². The zero-order valence-electron chi connectivity index (χ0n) is 27.3. The van der Waals surface area contributed by atoms with Gasteiger partial charge in [0.2, 0.25) is 11.9 Å². The highest BCUT2D eigenvalue weighted by Gasteiger charge is 2.51. The molecule has 2 aliphatic rings. The molecule has 0 saturated heterocycles. The van der Waals surface area contributed by atoms with E-state index in [-0.39, 0.29) is 28.1 Å². The number of pyridine rings is 1. The van der Waals surface area contributed by atoms with Crippen molar-refractivity contribution in [2.45, 2.75) is 56.6 Å². The molecule has 2 aromatic heterocycles. The number of fused-ring (bicyclic) bond motifs is 1. The molecule has 1 saturated carbocycles. The van der Waals surface area contributed by atoms with Gasteiger partial charge in [-0.1, -0.05) is 35.3 Å². The fourth-order valence-electron chi connectivity index (χ4n) is 6.02. The molecule has 0 radical (unpaired) electrons. The van der Waals surface area contributed by atoms with E-state index in [1.807, 2.05) is 31.1 Å². The van der Waals surface area contributed by atoms with Crippen molar-refractivity contribution in [1.29, 1.82) is 0 Å². The van der Waals surface area contributed by atoms with Gasteiger partial charge in [-0.05, 0) is 74.7 Å². The molecule has 2 N–H and O–H groups in total. The van der Waals surface area contributed by atoms with Gasteiger partial charge in [0, 0.05) is 30.6 Å². The highest BCUT2D eigenvalue weighted by atomic mass is 35.5. The Balaban J connectivity index is 1.27. The molecular weight excluding hydrogens is 698 g/mol. The number of hydrogen-bond acceptors (Lipinski definition) is 7. The second-order valence-electron chi connectivity index (χ2n) is 12.8. The monoisotopic (exact) mass is 729 g/mol. The average Bonchev–Trinajstić information content (AvgIpc) is 3.62. The Kier molecular flexibility index (Phi) is 8.97. The molecule has 0 spiro atoms. The first-order chi connectivity index (χ1) is 23.5. The van der Waals surface area contributed by atoms with E-state index in [4.69, 9.17) is 23.2 Å². The van der Waals surface area contributed by atoms with Crippen LogP contribution >= 0.6 is 23.2 Å². The summed E-state index contributed by atoms with van der Waals surface area (Å²) in [6.45, 7) is 3.13. The predicted octanol–water partition coefficient (Wildman–Crippen LogP) is 6.11. The molecular formula is C34H32Cl2F3N7O4. The van der Waals surface area contributed by atoms with E-state index >= 15 is 0 Å². The molecule has 2 atom stereocenters. The lowest BCUT2D eigenvalue weighted by atomic mass is 9.91. The Morgan fingerprint density at radius 1 is 1.02 bits per heavy atom. The highest BCUT2D eigenvalue weighted by molar-refractivity contribution is 6.35. The number of halogens is 5. The minimum absolute atomic E-state index is 0.0229. The summed E-state index contributed by atoms with van der Waals surface area (Å²) < 4.78 is 43.7. The largest absolute Gasteiger partial charge is 0.573 e. The predicted molar refractivity (Wildman–Crippen MR) is 181 cm³/mol. The topological polar surface area (TPSA) is 122 Å². The van der Waals surface area contributed by atoms with Gasteiger partial charge in [0.15, 0.2) is 0 Å². The number of alkyl halides is 3. The van der Waals surface area contributed by atoms with Gasteiger partial charge in [0.05, 0.1) is 35.0 Å². The van der Waals surface area contributed by atoms with Crippen LogP contribution in [0, 0.1) is 0 Å². The third-order valence-electron chi connectivity index (χ3n) is 8.75. The Bertz CT molecular complexity index is 1940. The van der Waals surface area contributed by atoms with E-state index in [0.29, 0.717) is 24.1 Å². The smallest absolute Gasteiger partial charge is 0.406 e. The Morgan fingerprint density at radius 2 is 1.68 bits per heavy atom. The number of ether oxygens (including phenoxy) is 1. The maximum Gasteiger partial charge on any atom is 0.573 e. The number of anilines is 3. The zero-order valence-corrected chi connectivity index (χ0v) is 28.8. The quantitative estimate of drug-likeness (QED) is 0.202. The number of benzene rings is 2. The van der Waals surface area contributed by atoms with Gasteiger partial charge in [0.1, 0.15) is 23.0 Å². The first-order valence-corrected chi connectivity index (χ1v) is 16.3. The van der Waals surface area contributed by atoms with Crippen LogP contribution in [0.15, 0.2) is 67.0 Å². The van der Waals surface area contributed by atoms with Crippen molar-refractivity contribution in [3.8, 4) is 5.75 Å². The maximum atomic E-state index is 14.3. The lowest BCUT2D eigenvalue weighted by molar-refractivity contribution is -0.274. The number of nitrogens with one attached hydrogen (secondary N) is 2. The van der Waals surface area contributed by atoms with Crippen molar-refractivity contribution in [3.63, 3.8) is 0 Å². The summed E-state index contributed by atoms with van der Waals surface area (Å²) in [4.78, 5) is 53.7. The number of aromatic nitrogens is 3. The molecule has 16 heteroatoms. The third kappa shape index (κ3) is 6.81. The zero-order chi connectivity index (χ0) is 36.2. The van der Waals surface area contributed by atoms with Crippen molar-refractivity contribution in [2.24, 2.45) is 0 Å². The lowest BCUT2D eigenvalue weighted by Crippen LogP contribution is -2.49. The minimum atomic E-state index is -4.87. The Labute approximate surface area is 295 Å². The van der Waals surface area contributed by atoms with Crippen LogP contribution in [0.1, 0.15) is 48.4 Å². The summed E-state index contributed by atoms with van der Waals surface area (Å²) in [5.41, 5.74) is 0.236. The van der Waals surface area contributed by atoms with E-state index in [0.717, 1.165) is 23.5 Å². The normalized spacial score (nSPS) is 18.3. The van der Waals surface area contributed by atoms with Gasteiger partial charge < -0.3 is 20.3 Å². The third-order valence-corrected chi connectivity index (χ3v) is 9.19. The van der Waals surface area contributed by atoms with Crippen LogP contribution in [-0.4, -0.2) is 58.8 Å². The number of imidazole rings is 1. The molecule has 6 rings (SSSR count). The molecule has 3 amide bonds. The van der Waals surface area contributed by atoms with Crippen LogP contribution in [0.25, 0.3) is 0 Å². The number of rotatable bonds is 10. The molecule has 0 bridgehead atoms. The van der Waals surface area contributed by atoms with Crippen molar-refractivity contribution in [2.75, 3.05) is 23.9 Å². The second-order valence-corrected chi connectivity index (χ2v) is 13.6. The van der Waals surface area contributed by atoms with Gasteiger partial charge in [0.25, 0.3) is 11.8 Å². The van der Waals surface area contributed by atoms with Crippen LogP contribution in [0.5, 0.6) is 5.75 Å². The molecule has 11 nitrogen and oxygen atoms in total. The molecule has 1 aliphatic carbocycles. The van der Waals surface area contributed by atoms with E-state index in [2.05, 4.69) is 25.3 Å². The van der Waals surface area contributed by atoms with Crippen LogP contribution in [0.3, 0.4) is 0 Å². The van der Waals surface area contributed by atoms with Gasteiger partial charge in [-0.2, -0.15) is 0 Å². The Morgan fingerprint density at radius 3 is 2.24 bits per heavy atom. The SMILES string of the molecule is C[C@@H](NC(=O)c1cnc2n1[C@](C)(Cc1ccc(OC(F)(F)F)cc1)C(=O)N2c1cc(Cl)cc(Cl)c1)C(=O)NC1(c2ccc(N(C)C)cn2)CC1. The van der Waals surface area contributed by atoms with Crippen molar-refractivity contribution in [1.82, 2.24) is 25.2 Å². The van der Waals surface area contributed by atoms with E-state index in [1.54, 1.807) is 20.0 Å². The number of nitrogens with zero attached hydrogens (tertiary/aromatic N) is 5. The molecule has 1 aliphatic heterocycles. The summed E-state index contributed by atoms with van der Waals surface area (Å²) in [7, 11) is 3.81. The van der Waals surface area contributed by atoms with E-state index in [1.165, 1.54) is 46.0 Å². The van der Waals surface area contributed by atoms with Crippen LogP contribution in [-0.2, 0) is 27.1 Å². The average molecular weight is 731 g/mol. The summed E-state index contributed by atoms with van der Waals surface area (Å²) in [6, 6.07) is 12.4. The van der Waals surface area contributed by atoms with Crippen LogP contribution < -0.4 is 25.2 Å². The van der Waals surface area contributed by atoms with E-state index in [9.17, 15) is 27.6 Å². The summed E-state index contributed by atoms with van der Waals surface area (Å²) in [6.07, 6.45) is -0.517. The first-order valence-electron chi connectivity index (χ1n) is 15.5. The molecule has 0 unspecified atom stereocenters. The summed E-state index contributed by atoms with van der Waals surface area (Å²) in [5, 5.41) is 6.26. The van der Waals surface area contributed by atoms with Gasteiger partial charge in [-0.15, -0.1) is 13.2 Å². The fourth-order valence-corrected chi connectivity index (χ4v) is 6.53. The van der Waals surface area contributed by atoms with Gasteiger partial charge in [-0.3, -0.25) is 23.9 Å². The van der Waals surface area contributed by atoms with Crippen molar-refractivity contribution >= 4 is 58.2 Å². The van der Waals surface area contributed by atoms with Crippen LogP contribution in [0.4, 0.5) is 30.5 Å². The molecule has 4 aromatic rings. The summed E-state index contributed by atoms with van der Waals surface area (Å²) in [5.74, 6) is -1.95.